The van der Waals surface area contributed by atoms with Crippen LogP contribution >= 0.6 is 0 Å². The maximum Gasteiger partial charge on any atom is 0.234 e. The third-order valence-corrected chi connectivity index (χ3v) is 5.29. The molecule has 0 bridgehead atoms. The molecular weight excluding hydrogens is 370 g/mol. The molecule has 2 aliphatic heterocycles. The molecule has 4 rings (SSSR count). The van der Waals surface area contributed by atoms with Gasteiger partial charge in [0.25, 0.3) is 0 Å². The van der Waals surface area contributed by atoms with Crippen molar-refractivity contribution in [3.05, 3.63) is 54.1 Å². The maximum absolute atomic E-state index is 12.4. The van der Waals surface area contributed by atoms with E-state index in [1.54, 1.807) is 0 Å². The van der Waals surface area contributed by atoms with Crippen molar-refractivity contribution in [3.63, 3.8) is 0 Å². The van der Waals surface area contributed by atoms with Crippen LogP contribution < -0.4 is 20.1 Å². The number of likely N-dealkylation sites (tertiary alicyclic amines) is 1. The minimum Gasteiger partial charge on any atom is -0.454 e. The number of nitrogens with one attached hydrogen (secondary N) is 2. The Hall–Kier alpha value is -3.06. The highest BCUT2D eigenvalue weighted by molar-refractivity contribution is 5.92. The van der Waals surface area contributed by atoms with Crippen LogP contribution in [-0.4, -0.2) is 43.1 Å². The first-order valence-corrected chi connectivity index (χ1v) is 9.91. The van der Waals surface area contributed by atoms with Crippen molar-refractivity contribution in [2.45, 2.75) is 19.4 Å². The van der Waals surface area contributed by atoms with Crippen molar-refractivity contribution in [1.29, 1.82) is 0 Å². The summed E-state index contributed by atoms with van der Waals surface area (Å²) in [6.07, 6.45) is 1.52. The highest BCUT2D eigenvalue weighted by Crippen LogP contribution is 2.32. The highest BCUT2D eigenvalue weighted by Gasteiger charge is 2.26. The lowest BCUT2D eigenvalue weighted by Crippen LogP contribution is -2.43. The number of rotatable bonds is 6. The van der Waals surface area contributed by atoms with Gasteiger partial charge in [-0.15, -0.1) is 0 Å². The molecule has 0 unspecified atom stereocenters. The van der Waals surface area contributed by atoms with E-state index in [4.69, 9.17) is 9.47 Å². The molecule has 2 N–H and O–H groups in total. The highest BCUT2D eigenvalue weighted by atomic mass is 16.7. The Morgan fingerprint density at radius 1 is 1.00 bits per heavy atom. The first kappa shape index (κ1) is 19.3. The average Bonchev–Trinajstić information content (AvgIpc) is 3.21. The van der Waals surface area contributed by atoms with Crippen LogP contribution in [0.25, 0.3) is 0 Å². The van der Waals surface area contributed by atoms with Crippen LogP contribution in [0.2, 0.25) is 0 Å². The molecule has 7 nitrogen and oxygen atoms in total. The van der Waals surface area contributed by atoms with Gasteiger partial charge in [-0.3, -0.25) is 14.5 Å². The van der Waals surface area contributed by atoms with Gasteiger partial charge >= 0.3 is 0 Å². The third kappa shape index (κ3) is 5.06. The van der Waals surface area contributed by atoms with Crippen LogP contribution in [-0.2, 0) is 16.1 Å². The van der Waals surface area contributed by atoms with Gasteiger partial charge in [-0.25, -0.2) is 0 Å². The minimum absolute atomic E-state index is 0.0110. The van der Waals surface area contributed by atoms with Crippen molar-refractivity contribution < 1.29 is 19.1 Å². The first-order valence-electron chi connectivity index (χ1n) is 9.91. The van der Waals surface area contributed by atoms with Crippen LogP contribution in [0.5, 0.6) is 11.5 Å². The lowest BCUT2D eigenvalue weighted by Gasteiger charge is -2.30. The number of carbonyl (C=O) groups is 2. The van der Waals surface area contributed by atoms with Crippen molar-refractivity contribution in [3.8, 4) is 11.5 Å². The summed E-state index contributed by atoms with van der Waals surface area (Å²) in [6, 6.07) is 15.2. The number of para-hydroxylation sites is 1. The topological polar surface area (TPSA) is 79.9 Å². The number of carbonyl (C=O) groups excluding carboxylic acids is 2. The summed E-state index contributed by atoms with van der Waals surface area (Å²) in [5.74, 6) is 1.48. The smallest absolute Gasteiger partial charge is 0.234 e. The van der Waals surface area contributed by atoms with Crippen LogP contribution in [0.15, 0.2) is 48.5 Å². The van der Waals surface area contributed by atoms with E-state index < -0.39 is 0 Å². The van der Waals surface area contributed by atoms with Crippen LogP contribution in [0.3, 0.4) is 0 Å². The second-order valence-electron chi connectivity index (χ2n) is 7.37. The van der Waals surface area contributed by atoms with Gasteiger partial charge in [0, 0.05) is 18.2 Å². The zero-order chi connectivity index (χ0) is 20.1. The van der Waals surface area contributed by atoms with Crippen LogP contribution in [0, 0.1) is 5.92 Å². The fraction of sp³-hybridized carbons (Fsp3) is 0.364. The molecule has 2 amide bonds. The Morgan fingerprint density at radius 3 is 2.55 bits per heavy atom. The zero-order valence-electron chi connectivity index (χ0n) is 16.2. The number of amides is 2. The fourth-order valence-electron chi connectivity index (χ4n) is 3.63. The van der Waals surface area contributed by atoms with E-state index in [1.165, 1.54) is 0 Å². The number of anilines is 1. The van der Waals surface area contributed by atoms with Crippen molar-refractivity contribution in [2.75, 3.05) is 31.7 Å². The third-order valence-electron chi connectivity index (χ3n) is 5.29. The molecule has 29 heavy (non-hydrogen) atoms. The summed E-state index contributed by atoms with van der Waals surface area (Å²) in [6.45, 7) is 2.52. The SMILES string of the molecule is O=C(CN1CCC(C(=O)Nc2ccccc2)CC1)NCc1ccc2c(c1)OCO2. The molecule has 1 fully saturated rings. The van der Waals surface area contributed by atoms with Crippen LogP contribution in [0.1, 0.15) is 18.4 Å². The Labute approximate surface area is 170 Å². The molecule has 2 heterocycles. The van der Waals surface area contributed by atoms with E-state index >= 15 is 0 Å². The predicted molar refractivity (Wildman–Crippen MR) is 109 cm³/mol. The van der Waals surface area contributed by atoms with E-state index in [0.717, 1.165) is 42.9 Å². The van der Waals surface area contributed by atoms with Gasteiger partial charge in [0.05, 0.1) is 6.54 Å². The molecule has 0 aliphatic carbocycles. The number of hydrogen-bond acceptors (Lipinski definition) is 5. The molecule has 2 aliphatic rings. The number of ether oxygens (including phenoxy) is 2. The van der Waals surface area contributed by atoms with Gasteiger partial charge in [0.15, 0.2) is 11.5 Å². The van der Waals surface area contributed by atoms with E-state index in [2.05, 4.69) is 15.5 Å². The molecule has 152 valence electrons. The molecule has 1 saturated heterocycles. The predicted octanol–water partition coefficient (Wildman–Crippen LogP) is 2.38. The van der Waals surface area contributed by atoms with Gasteiger partial charge in [-0.2, -0.15) is 0 Å². The second-order valence-corrected chi connectivity index (χ2v) is 7.37. The standard InChI is InChI=1S/C22H25N3O4/c26-21(23-13-16-6-7-19-20(12-16)29-15-28-19)14-25-10-8-17(9-11-25)22(27)24-18-4-2-1-3-5-18/h1-7,12,17H,8-11,13-15H2,(H,23,26)(H,24,27). The van der Waals surface area contributed by atoms with Gasteiger partial charge in [0.2, 0.25) is 18.6 Å². The van der Waals surface area contributed by atoms with E-state index in [-0.39, 0.29) is 24.5 Å². The minimum atomic E-state index is -0.0187. The molecule has 7 heteroatoms. The van der Waals surface area contributed by atoms with Gasteiger partial charge in [-0.1, -0.05) is 24.3 Å². The van der Waals surface area contributed by atoms with Crippen LogP contribution in [0.4, 0.5) is 5.69 Å². The summed E-state index contributed by atoms with van der Waals surface area (Å²) in [5.41, 5.74) is 1.79. The molecule has 0 aromatic heterocycles. The molecular formula is C22H25N3O4. The molecule has 0 spiro atoms. The van der Waals surface area contributed by atoms with Gasteiger partial charge < -0.3 is 20.1 Å². The summed E-state index contributed by atoms with van der Waals surface area (Å²) >= 11 is 0. The number of nitrogens with zero attached hydrogens (tertiary/aromatic N) is 1. The monoisotopic (exact) mass is 395 g/mol. The number of piperidine rings is 1. The number of benzene rings is 2. The Bertz CT molecular complexity index is 864. The van der Waals surface area contributed by atoms with Crippen molar-refractivity contribution in [2.24, 2.45) is 5.92 Å². The van der Waals surface area contributed by atoms with Gasteiger partial charge in [0.1, 0.15) is 0 Å². The zero-order valence-corrected chi connectivity index (χ0v) is 16.2. The Morgan fingerprint density at radius 2 is 1.76 bits per heavy atom. The Balaban J connectivity index is 1.18. The number of hydrogen-bond donors (Lipinski definition) is 2. The largest absolute Gasteiger partial charge is 0.454 e. The normalized spacial score (nSPS) is 16.4. The van der Waals surface area contributed by atoms with E-state index in [0.29, 0.717) is 18.8 Å². The maximum atomic E-state index is 12.4. The van der Waals surface area contributed by atoms with Crippen molar-refractivity contribution >= 4 is 17.5 Å². The Kier molecular flexibility index (Phi) is 5.95. The van der Waals surface area contributed by atoms with E-state index in [1.807, 2.05) is 48.5 Å². The lowest BCUT2D eigenvalue weighted by atomic mass is 9.96. The summed E-state index contributed by atoms with van der Waals surface area (Å²) < 4.78 is 10.7. The summed E-state index contributed by atoms with van der Waals surface area (Å²) in [5, 5.41) is 5.92. The van der Waals surface area contributed by atoms with Gasteiger partial charge in [-0.05, 0) is 55.8 Å². The second kappa shape index (κ2) is 8.96. The first-order chi connectivity index (χ1) is 14.2. The molecule has 2 aromatic carbocycles. The fourth-order valence-corrected chi connectivity index (χ4v) is 3.63. The average molecular weight is 395 g/mol. The summed E-state index contributed by atoms with van der Waals surface area (Å²) in [7, 11) is 0. The molecule has 2 aromatic rings. The molecule has 0 saturated carbocycles. The quantitative estimate of drug-likeness (QED) is 0.785. The lowest BCUT2D eigenvalue weighted by molar-refractivity contribution is -0.123. The summed E-state index contributed by atoms with van der Waals surface area (Å²) in [4.78, 5) is 26.8. The number of fused-ring (bicyclic) bond motifs is 1. The molecule has 0 radical (unpaired) electrons. The van der Waals surface area contributed by atoms with Crippen molar-refractivity contribution in [1.82, 2.24) is 10.2 Å². The molecule has 0 atom stereocenters. The van der Waals surface area contributed by atoms with E-state index in [9.17, 15) is 9.59 Å².